The van der Waals surface area contributed by atoms with Crippen molar-refractivity contribution < 1.29 is 15.0 Å². The Morgan fingerprint density at radius 2 is 1.90 bits per heavy atom. The number of benzene rings is 2. The molecular weight excluding hydrogens is 371 g/mol. The summed E-state index contributed by atoms with van der Waals surface area (Å²) in [6, 6.07) is 11.6. The minimum Gasteiger partial charge on any atom is -0.504 e. The van der Waals surface area contributed by atoms with Crippen molar-refractivity contribution in [1.82, 2.24) is 5.43 Å². The quantitative estimate of drug-likeness (QED) is 0.330. The van der Waals surface area contributed by atoms with Gasteiger partial charge in [-0.2, -0.15) is 5.10 Å². The number of hydrazone groups is 1. The molecule has 0 aliphatic heterocycles. The van der Waals surface area contributed by atoms with Crippen LogP contribution >= 0.6 is 22.6 Å². The number of phenols is 2. The number of carbonyl (C=O) groups excluding carboxylic acids is 1. The van der Waals surface area contributed by atoms with E-state index in [4.69, 9.17) is 0 Å². The van der Waals surface area contributed by atoms with Gasteiger partial charge in [-0.1, -0.05) is 18.2 Å². The van der Waals surface area contributed by atoms with Crippen LogP contribution in [-0.4, -0.2) is 22.3 Å². The van der Waals surface area contributed by atoms with Gasteiger partial charge in [0, 0.05) is 9.13 Å². The number of halogens is 1. The van der Waals surface area contributed by atoms with Crippen molar-refractivity contribution in [2.24, 2.45) is 5.10 Å². The Labute approximate surface area is 129 Å². The average molecular weight is 382 g/mol. The molecule has 1 amide bonds. The van der Waals surface area contributed by atoms with Gasteiger partial charge in [-0.05, 0) is 46.9 Å². The minimum absolute atomic E-state index is 0.238. The highest BCUT2D eigenvalue weighted by atomic mass is 127. The minimum atomic E-state index is -0.342. The van der Waals surface area contributed by atoms with Gasteiger partial charge in [0.15, 0.2) is 11.5 Å². The van der Waals surface area contributed by atoms with E-state index in [1.165, 1.54) is 12.3 Å². The second-order valence-corrected chi connectivity index (χ2v) is 5.06. The summed E-state index contributed by atoms with van der Waals surface area (Å²) in [6.07, 6.45) is 1.27. The zero-order valence-electron chi connectivity index (χ0n) is 10.2. The maximum absolute atomic E-state index is 11.9. The molecule has 2 aromatic carbocycles. The number of aromatic hydroxyl groups is 2. The van der Waals surface area contributed by atoms with Gasteiger partial charge in [-0.25, -0.2) is 5.43 Å². The fourth-order valence-corrected chi connectivity index (χ4v) is 2.15. The first kappa shape index (κ1) is 14.3. The number of phenolic OH excluding ortho intramolecular Hbond substituents is 2. The van der Waals surface area contributed by atoms with Crippen LogP contribution < -0.4 is 5.43 Å². The van der Waals surface area contributed by atoms with E-state index in [0.29, 0.717) is 11.1 Å². The van der Waals surface area contributed by atoms with Gasteiger partial charge in [-0.15, -0.1) is 0 Å². The third-order valence-corrected chi connectivity index (χ3v) is 3.47. The summed E-state index contributed by atoms with van der Waals surface area (Å²) in [5, 5.41) is 22.7. The van der Waals surface area contributed by atoms with Crippen LogP contribution in [0.4, 0.5) is 0 Å². The topological polar surface area (TPSA) is 81.9 Å². The van der Waals surface area contributed by atoms with Crippen LogP contribution in [0.3, 0.4) is 0 Å². The van der Waals surface area contributed by atoms with E-state index in [1.807, 2.05) is 12.1 Å². The van der Waals surface area contributed by atoms with E-state index < -0.39 is 0 Å². The normalized spacial score (nSPS) is 10.7. The monoisotopic (exact) mass is 382 g/mol. The third kappa shape index (κ3) is 3.27. The summed E-state index contributed by atoms with van der Waals surface area (Å²) in [7, 11) is 0. The Morgan fingerprint density at radius 1 is 1.15 bits per heavy atom. The summed E-state index contributed by atoms with van der Waals surface area (Å²) < 4.78 is 0.818. The molecule has 0 bridgehead atoms. The van der Waals surface area contributed by atoms with E-state index in [1.54, 1.807) is 24.3 Å². The summed E-state index contributed by atoms with van der Waals surface area (Å²) >= 11 is 2.06. The lowest BCUT2D eigenvalue weighted by Crippen LogP contribution is -2.18. The first-order valence-corrected chi connectivity index (χ1v) is 6.76. The van der Waals surface area contributed by atoms with Crippen molar-refractivity contribution in [2.75, 3.05) is 0 Å². The molecule has 3 N–H and O–H groups in total. The van der Waals surface area contributed by atoms with Crippen molar-refractivity contribution in [3.8, 4) is 11.5 Å². The Kier molecular flexibility index (Phi) is 4.57. The number of carbonyl (C=O) groups is 1. The number of hydrogen-bond acceptors (Lipinski definition) is 4. The number of rotatable bonds is 3. The molecule has 0 radical (unpaired) electrons. The number of nitrogens with zero attached hydrogens (tertiary/aromatic N) is 1. The fraction of sp³-hybridized carbons (Fsp3) is 0. The molecule has 0 atom stereocenters. The zero-order chi connectivity index (χ0) is 14.5. The van der Waals surface area contributed by atoms with E-state index in [2.05, 4.69) is 33.1 Å². The molecule has 0 aromatic heterocycles. The van der Waals surface area contributed by atoms with Crippen LogP contribution in [0.25, 0.3) is 0 Å². The van der Waals surface area contributed by atoms with Crippen molar-refractivity contribution in [1.29, 1.82) is 0 Å². The van der Waals surface area contributed by atoms with E-state index in [0.717, 1.165) is 3.57 Å². The molecule has 2 rings (SSSR count). The Hall–Kier alpha value is -2.09. The molecule has 0 fully saturated rings. The Bertz CT molecular complexity index is 671. The Balaban J connectivity index is 2.09. The fourth-order valence-electron chi connectivity index (χ4n) is 1.52. The summed E-state index contributed by atoms with van der Waals surface area (Å²) in [6.45, 7) is 0. The molecule has 102 valence electrons. The molecule has 5 nitrogen and oxygen atoms in total. The van der Waals surface area contributed by atoms with Crippen LogP contribution in [0.15, 0.2) is 47.6 Å². The van der Waals surface area contributed by atoms with E-state index >= 15 is 0 Å². The maximum atomic E-state index is 11.9. The molecule has 0 saturated heterocycles. The molecule has 6 heteroatoms. The van der Waals surface area contributed by atoms with E-state index in [9.17, 15) is 15.0 Å². The SMILES string of the molecule is O=C(N/N=C/c1cccc(O)c1O)c1ccccc1I. The van der Waals surface area contributed by atoms with Gasteiger partial charge >= 0.3 is 0 Å². The van der Waals surface area contributed by atoms with Crippen molar-refractivity contribution in [2.45, 2.75) is 0 Å². The molecule has 20 heavy (non-hydrogen) atoms. The lowest BCUT2D eigenvalue weighted by atomic mass is 10.2. The average Bonchev–Trinajstić information content (AvgIpc) is 2.44. The van der Waals surface area contributed by atoms with Crippen molar-refractivity contribution >= 4 is 34.7 Å². The van der Waals surface area contributed by atoms with Gasteiger partial charge < -0.3 is 10.2 Å². The van der Waals surface area contributed by atoms with Gasteiger partial charge in [0.05, 0.1) is 11.8 Å². The Morgan fingerprint density at radius 3 is 2.65 bits per heavy atom. The van der Waals surface area contributed by atoms with Crippen LogP contribution in [0, 0.1) is 3.57 Å². The van der Waals surface area contributed by atoms with Gasteiger partial charge in [0.1, 0.15) is 0 Å². The number of nitrogens with one attached hydrogen (secondary N) is 1. The van der Waals surface area contributed by atoms with Crippen LogP contribution in [-0.2, 0) is 0 Å². The zero-order valence-corrected chi connectivity index (χ0v) is 12.4. The number of amides is 1. The first-order valence-electron chi connectivity index (χ1n) is 5.68. The van der Waals surface area contributed by atoms with Crippen LogP contribution in [0.5, 0.6) is 11.5 Å². The predicted octanol–water partition coefficient (Wildman–Crippen LogP) is 2.47. The van der Waals surface area contributed by atoms with Crippen molar-refractivity contribution in [3.05, 3.63) is 57.2 Å². The maximum Gasteiger partial charge on any atom is 0.272 e. The smallest absolute Gasteiger partial charge is 0.272 e. The summed E-state index contributed by atoms with van der Waals surface area (Å²) in [5.41, 5.74) is 3.20. The molecule has 0 unspecified atom stereocenters. The molecule has 0 heterocycles. The van der Waals surface area contributed by atoms with Crippen LogP contribution in [0.1, 0.15) is 15.9 Å². The summed E-state index contributed by atoms with van der Waals surface area (Å²) in [5.74, 6) is -0.858. The van der Waals surface area contributed by atoms with Crippen LogP contribution in [0.2, 0.25) is 0 Å². The summed E-state index contributed by atoms with van der Waals surface area (Å²) in [4.78, 5) is 11.9. The lowest BCUT2D eigenvalue weighted by Gasteiger charge is -2.03. The second-order valence-electron chi connectivity index (χ2n) is 3.89. The highest BCUT2D eigenvalue weighted by Crippen LogP contribution is 2.26. The highest BCUT2D eigenvalue weighted by molar-refractivity contribution is 14.1. The van der Waals surface area contributed by atoms with Gasteiger partial charge in [0.25, 0.3) is 5.91 Å². The molecule has 0 aliphatic rings. The highest BCUT2D eigenvalue weighted by Gasteiger charge is 2.08. The second kappa shape index (κ2) is 6.38. The standard InChI is InChI=1S/C14H11IN2O3/c15-11-6-2-1-5-10(11)14(20)17-16-8-9-4-3-7-12(18)13(9)19/h1-8,18-19H,(H,17,20)/b16-8+. The molecule has 2 aromatic rings. The largest absolute Gasteiger partial charge is 0.504 e. The molecular formula is C14H11IN2O3. The van der Waals surface area contributed by atoms with E-state index in [-0.39, 0.29) is 17.4 Å². The first-order chi connectivity index (χ1) is 9.59. The molecule has 0 spiro atoms. The molecule has 0 aliphatic carbocycles. The molecule has 0 saturated carbocycles. The van der Waals surface area contributed by atoms with Crippen molar-refractivity contribution in [3.63, 3.8) is 0 Å². The number of hydrogen-bond donors (Lipinski definition) is 3. The van der Waals surface area contributed by atoms with Gasteiger partial charge in [-0.3, -0.25) is 4.79 Å². The lowest BCUT2D eigenvalue weighted by molar-refractivity contribution is 0.0954. The van der Waals surface area contributed by atoms with Gasteiger partial charge in [0.2, 0.25) is 0 Å². The number of para-hydroxylation sites is 1. The third-order valence-electron chi connectivity index (χ3n) is 2.53. The predicted molar refractivity (Wildman–Crippen MR) is 84.0 cm³/mol.